The van der Waals surface area contributed by atoms with Crippen LogP contribution in [0.15, 0.2) is 42.5 Å². The number of hydrogen-bond donors (Lipinski definition) is 1. The molecule has 0 saturated heterocycles. The van der Waals surface area contributed by atoms with Crippen molar-refractivity contribution in [3.8, 4) is 23.0 Å². The molecule has 1 N–H and O–H groups in total. The zero-order valence-corrected chi connectivity index (χ0v) is 14.7. The lowest BCUT2D eigenvalue weighted by Gasteiger charge is -2.11. The lowest BCUT2D eigenvalue weighted by Crippen LogP contribution is -2.09. The molecule has 0 aliphatic heterocycles. The van der Waals surface area contributed by atoms with E-state index in [1.165, 1.54) is 13.2 Å². The number of carbonyl (C=O) groups is 1. The predicted octanol–water partition coefficient (Wildman–Crippen LogP) is 3.37. The third-order valence-electron chi connectivity index (χ3n) is 3.51. The summed E-state index contributed by atoms with van der Waals surface area (Å²) in [6.45, 7) is 0. The molecule has 0 aliphatic rings. The van der Waals surface area contributed by atoms with E-state index in [-0.39, 0.29) is 5.91 Å². The number of anilines is 1. The Morgan fingerprint density at radius 1 is 0.920 bits per heavy atom. The van der Waals surface area contributed by atoms with Crippen LogP contribution in [0.3, 0.4) is 0 Å². The van der Waals surface area contributed by atoms with Crippen LogP contribution in [0.4, 0.5) is 5.69 Å². The number of hydrogen-bond acceptors (Lipinski definition) is 5. The molecule has 0 aromatic heterocycles. The quantitative estimate of drug-likeness (QED) is 0.781. The van der Waals surface area contributed by atoms with Crippen LogP contribution in [0.25, 0.3) is 6.08 Å². The third kappa shape index (κ3) is 4.44. The van der Waals surface area contributed by atoms with E-state index in [0.29, 0.717) is 28.7 Å². The zero-order valence-electron chi connectivity index (χ0n) is 14.7. The first-order valence-electron chi connectivity index (χ1n) is 7.55. The molecule has 0 fully saturated rings. The van der Waals surface area contributed by atoms with Gasteiger partial charge >= 0.3 is 0 Å². The van der Waals surface area contributed by atoms with Crippen molar-refractivity contribution in [1.82, 2.24) is 0 Å². The molecular weight excluding hydrogens is 322 g/mol. The second-order valence-corrected chi connectivity index (χ2v) is 4.97. The van der Waals surface area contributed by atoms with E-state index in [9.17, 15) is 4.79 Å². The van der Waals surface area contributed by atoms with E-state index < -0.39 is 0 Å². The van der Waals surface area contributed by atoms with Gasteiger partial charge in [-0.15, -0.1) is 0 Å². The maximum Gasteiger partial charge on any atom is 0.248 e. The molecular formula is C19H21NO5. The van der Waals surface area contributed by atoms with Gasteiger partial charge in [-0.05, 0) is 24.3 Å². The van der Waals surface area contributed by atoms with Gasteiger partial charge in [0, 0.05) is 17.7 Å². The van der Waals surface area contributed by atoms with Crippen molar-refractivity contribution < 1.29 is 23.7 Å². The van der Waals surface area contributed by atoms with Gasteiger partial charge in [0.05, 0.1) is 34.1 Å². The van der Waals surface area contributed by atoms with E-state index in [0.717, 1.165) is 5.56 Å². The number of carbonyl (C=O) groups excluding carboxylic acids is 1. The standard InChI is InChI=1S/C19H21NO5/c1-22-14-9-10-16(23-2)15(12-14)20-18(21)11-8-13-6-5-7-17(24-3)19(13)25-4/h5-12H,1-4H3,(H,20,21)/b11-8+. The maximum absolute atomic E-state index is 12.2. The number of benzene rings is 2. The molecule has 6 heteroatoms. The Labute approximate surface area is 147 Å². The van der Waals surface area contributed by atoms with Gasteiger partial charge in [0.25, 0.3) is 0 Å². The lowest BCUT2D eigenvalue weighted by molar-refractivity contribution is -0.111. The van der Waals surface area contributed by atoms with Crippen LogP contribution < -0.4 is 24.3 Å². The summed E-state index contributed by atoms with van der Waals surface area (Å²) in [5, 5.41) is 2.77. The summed E-state index contributed by atoms with van der Waals surface area (Å²) in [5.41, 5.74) is 1.25. The number of ether oxygens (including phenoxy) is 4. The highest BCUT2D eigenvalue weighted by Crippen LogP contribution is 2.32. The Morgan fingerprint density at radius 2 is 1.68 bits per heavy atom. The van der Waals surface area contributed by atoms with Crippen LogP contribution in [0.1, 0.15) is 5.56 Å². The normalized spacial score (nSPS) is 10.4. The van der Waals surface area contributed by atoms with Crippen LogP contribution in [-0.4, -0.2) is 34.3 Å². The van der Waals surface area contributed by atoms with Crippen molar-refractivity contribution in [3.63, 3.8) is 0 Å². The first kappa shape index (κ1) is 18.2. The topological polar surface area (TPSA) is 66.0 Å². The molecule has 0 bridgehead atoms. The average molecular weight is 343 g/mol. The Balaban J connectivity index is 2.19. The fourth-order valence-electron chi connectivity index (χ4n) is 2.29. The fourth-order valence-corrected chi connectivity index (χ4v) is 2.29. The SMILES string of the molecule is COc1ccc(OC)c(NC(=O)/C=C/c2cccc(OC)c2OC)c1. The van der Waals surface area contributed by atoms with Gasteiger partial charge in [-0.1, -0.05) is 12.1 Å². The summed E-state index contributed by atoms with van der Waals surface area (Å²) < 4.78 is 21.0. The molecule has 0 spiro atoms. The molecule has 2 rings (SSSR count). The van der Waals surface area contributed by atoms with Crippen molar-refractivity contribution in [2.75, 3.05) is 33.8 Å². The lowest BCUT2D eigenvalue weighted by atomic mass is 10.1. The molecule has 2 aromatic rings. The van der Waals surface area contributed by atoms with Crippen LogP contribution in [0.5, 0.6) is 23.0 Å². The second kappa shape index (κ2) is 8.63. The summed E-state index contributed by atoms with van der Waals surface area (Å²) in [4.78, 5) is 12.2. The van der Waals surface area contributed by atoms with E-state index in [1.807, 2.05) is 12.1 Å². The third-order valence-corrected chi connectivity index (χ3v) is 3.51. The minimum atomic E-state index is -0.309. The molecule has 2 aromatic carbocycles. The first-order chi connectivity index (χ1) is 12.1. The molecule has 0 radical (unpaired) electrons. The Bertz CT molecular complexity index is 770. The van der Waals surface area contributed by atoms with E-state index >= 15 is 0 Å². The van der Waals surface area contributed by atoms with Crippen molar-refractivity contribution in [2.24, 2.45) is 0 Å². The largest absolute Gasteiger partial charge is 0.497 e. The van der Waals surface area contributed by atoms with Crippen molar-refractivity contribution in [2.45, 2.75) is 0 Å². The van der Waals surface area contributed by atoms with Gasteiger partial charge in [-0.2, -0.15) is 0 Å². The highest BCUT2D eigenvalue weighted by Gasteiger charge is 2.09. The van der Waals surface area contributed by atoms with Gasteiger partial charge in [-0.25, -0.2) is 0 Å². The van der Waals surface area contributed by atoms with E-state index in [1.54, 1.807) is 51.7 Å². The summed E-state index contributed by atoms with van der Waals surface area (Å²) >= 11 is 0. The smallest absolute Gasteiger partial charge is 0.248 e. The molecule has 0 saturated carbocycles. The van der Waals surface area contributed by atoms with Gasteiger partial charge < -0.3 is 24.3 Å². The summed E-state index contributed by atoms with van der Waals surface area (Å²) in [6.07, 6.45) is 3.07. The monoisotopic (exact) mass is 343 g/mol. The van der Waals surface area contributed by atoms with Gasteiger partial charge in [0.1, 0.15) is 11.5 Å². The van der Waals surface area contributed by atoms with Crippen molar-refractivity contribution in [3.05, 3.63) is 48.0 Å². The van der Waals surface area contributed by atoms with Crippen molar-refractivity contribution >= 4 is 17.7 Å². The molecule has 0 unspecified atom stereocenters. The summed E-state index contributed by atoms with van der Waals surface area (Å²) in [7, 11) is 6.21. The maximum atomic E-state index is 12.2. The van der Waals surface area contributed by atoms with Crippen LogP contribution in [0, 0.1) is 0 Å². The molecule has 132 valence electrons. The van der Waals surface area contributed by atoms with Crippen molar-refractivity contribution in [1.29, 1.82) is 0 Å². The Hall–Kier alpha value is -3.15. The molecule has 1 amide bonds. The molecule has 0 atom stereocenters. The van der Waals surface area contributed by atoms with Gasteiger partial charge in [-0.3, -0.25) is 4.79 Å². The fraction of sp³-hybridized carbons (Fsp3) is 0.211. The number of rotatable bonds is 7. The average Bonchev–Trinajstić information content (AvgIpc) is 2.65. The molecule has 25 heavy (non-hydrogen) atoms. The van der Waals surface area contributed by atoms with Crippen LogP contribution in [0.2, 0.25) is 0 Å². The molecule has 6 nitrogen and oxygen atoms in total. The highest BCUT2D eigenvalue weighted by atomic mass is 16.5. The predicted molar refractivity (Wildman–Crippen MR) is 96.8 cm³/mol. The summed E-state index contributed by atoms with van der Waals surface area (Å²) in [6, 6.07) is 10.6. The zero-order chi connectivity index (χ0) is 18.2. The summed E-state index contributed by atoms with van der Waals surface area (Å²) in [5.74, 6) is 2.01. The first-order valence-corrected chi connectivity index (χ1v) is 7.55. The van der Waals surface area contributed by atoms with E-state index in [2.05, 4.69) is 5.32 Å². The van der Waals surface area contributed by atoms with Crippen LogP contribution in [-0.2, 0) is 4.79 Å². The van der Waals surface area contributed by atoms with E-state index in [4.69, 9.17) is 18.9 Å². The minimum absolute atomic E-state index is 0.309. The molecule has 0 aliphatic carbocycles. The highest BCUT2D eigenvalue weighted by molar-refractivity contribution is 6.03. The van der Waals surface area contributed by atoms with Crippen LogP contribution >= 0.6 is 0 Å². The molecule has 0 heterocycles. The second-order valence-electron chi connectivity index (χ2n) is 4.97. The minimum Gasteiger partial charge on any atom is -0.497 e. The number of nitrogens with one attached hydrogen (secondary N) is 1. The Kier molecular flexibility index (Phi) is 6.28. The van der Waals surface area contributed by atoms with Gasteiger partial charge in [0.15, 0.2) is 11.5 Å². The number of para-hydroxylation sites is 1. The van der Waals surface area contributed by atoms with Gasteiger partial charge in [0.2, 0.25) is 5.91 Å². The number of amides is 1. The Morgan fingerprint density at radius 3 is 2.32 bits per heavy atom. The number of methoxy groups -OCH3 is 4.